The van der Waals surface area contributed by atoms with Gasteiger partial charge in [-0.1, -0.05) is 363 Å². The van der Waals surface area contributed by atoms with Gasteiger partial charge >= 0.3 is 17.9 Å². The van der Waals surface area contributed by atoms with E-state index in [2.05, 4.69) is 41.5 Å². The second kappa shape index (κ2) is 62.0. The van der Waals surface area contributed by atoms with E-state index in [1.807, 2.05) is 0 Å². The lowest BCUT2D eigenvalue weighted by Crippen LogP contribution is -2.30. The highest BCUT2D eigenvalue weighted by molar-refractivity contribution is 5.71. The number of carbonyl (C=O) groups is 3. The molecule has 0 aromatic rings. The zero-order chi connectivity index (χ0) is 56.2. The predicted molar refractivity (Wildman–Crippen MR) is 335 cm³/mol. The monoisotopic (exact) mass is 1090 g/mol. The van der Waals surface area contributed by atoms with Crippen LogP contribution in [0.4, 0.5) is 0 Å². The molecule has 0 saturated carbocycles. The van der Waals surface area contributed by atoms with Crippen molar-refractivity contribution >= 4 is 17.9 Å². The average Bonchev–Trinajstić information content (AvgIpc) is 3.40. The van der Waals surface area contributed by atoms with E-state index in [1.54, 1.807) is 0 Å². The molecule has 0 aromatic heterocycles. The van der Waals surface area contributed by atoms with Crippen molar-refractivity contribution in [2.24, 2.45) is 17.8 Å². The molecule has 6 nitrogen and oxygen atoms in total. The lowest BCUT2D eigenvalue weighted by molar-refractivity contribution is -0.167. The van der Waals surface area contributed by atoms with Crippen LogP contribution in [0.25, 0.3) is 0 Å². The zero-order valence-corrected chi connectivity index (χ0v) is 53.3. The molecule has 458 valence electrons. The normalized spacial score (nSPS) is 12.1. The molecule has 0 fully saturated rings. The molecule has 0 aromatic carbocycles. The van der Waals surface area contributed by atoms with Gasteiger partial charge in [-0.05, 0) is 37.0 Å². The fourth-order valence-electron chi connectivity index (χ4n) is 11.1. The third kappa shape index (κ3) is 65.1. The van der Waals surface area contributed by atoms with E-state index in [4.69, 9.17) is 14.2 Å². The molecular weight excluding hydrogens is 949 g/mol. The van der Waals surface area contributed by atoms with Crippen LogP contribution in [0.15, 0.2) is 0 Å². The van der Waals surface area contributed by atoms with Gasteiger partial charge in [-0.25, -0.2) is 0 Å². The van der Waals surface area contributed by atoms with E-state index in [1.165, 1.54) is 283 Å². The first-order chi connectivity index (χ1) is 37.6. The maximum absolute atomic E-state index is 13.0. The van der Waals surface area contributed by atoms with Crippen molar-refractivity contribution in [2.75, 3.05) is 13.2 Å². The number of ether oxygens (including phenoxy) is 3. The smallest absolute Gasteiger partial charge is 0.306 e. The number of esters is 3. The zero-order valence-electron chi connectivity index (χ0n) is 53.3. The largest absolute Gasteiger partial charge is 0.462 e. The topological polar surface area (TPSA) is 78.9 Å². The van der Waals surface area contributed by atoms with Crippen LogP contribution >= 0.6 is 0 Å². The van der Waals surface area contributed by atoms with E-state index < -0.39 is 6.10 Å². The van der Waals surface area contributed by atoms with Crippen molar-refractivity contribution in [3.8, 4) is 0 Å². The van der Waals surface area contributed by atoms with Crippen LogP contribution < -0.4 is 0 Å². The molecule has 0 radical (unpaired) electrons. The summed E-state index contributed by atoms with van der Waals surface area (Å²) in [7, 11) is 0. The lowest BCUT2D eigenvalue weighted by Gasteiger charge is -2.18. The van der Waals surface area contributed by atoms with Crippen molar-refractivity contribution in [2.45, 2.75) is 407 Å². The Morgan fingerprint density at radius 1 is 0.221 bits per heavy atom. The molecule has 1 atom stereocenters. The van der Waals surface area contributed by atoms with Crippen LogP contribution in [0.3, 0.4) is 0 Å². The molecule has 0 unspecified atom stereocenters. The van der Waals surface area contributed by atoms with Gasteiger partial charge in [-0.3, -0.25) is 14.4 Å². The highest BCUT2D eigenvalue weighted by Crippen LogP contribution is 2.20. The second-order valence-electron chi connectivity index (χ2n) is 26.0. The molecule has 0 rings (SSSR count). The third-order valence-corrected chi connectivity index (χ3v) is 16.4. The molecule has 6 heteroatoms. The minimum atomic E-state index is -0.765. The predicted octanol–water partition coefficient (Wildman–Crippen LogP) is 23.8. The molecule has 0 heterocycles. The number of hydrogen-bond acceptors (Lipinski definition) is 6. The summed E-state index contributed by atoms with van der Waals surface area (Å²) in [5, 5.41) is 0. The number of rotatable bonds is 64. The first kappa shape index (κ1) is 75.4. The first-order valence-corrected chi connectivity index (χ1v) is 35.1. The van der Waals surface area contributed by atoms with Crippen LogP contribution in [-0.2, 0) is 28.6 Å². The molecule has 0 spiro atoms. The summed E-state index contributed by atoms with van der Waals surface area (Å²) in [6, 6.07) is 0. The van der Waals surface area contributed by atoms with E-state index >= 15 is 0 Å². The SMILES string of the molecule is CC(C)CCCCCCCCCCCCCCCCCCCCC(=O)OC[C@H](COC(=O)CCCCCCCCCCCCCCCCC(C)C)OC(=O)CCCCCCCCCCCCCCCCCCCCC(C)C. The van der Waals surface area contributed by atoms with Crippen LogP contribution in [0.5, 0.6) is 0 Å². The average molecular weight is 1090 g/mol. The molecule has 0 N–H and O–H groups in total. The fourth-order valence-corrected chi connectivity index (χ4v) is 11.1. The van der Waals surface area contributed by atoms with Crippen LogP contribution in [0, 0.1) is 17.8 Å². The van der Waals surface area contributed by atoms with Crippen molar-refractivity contribution in [1.29, 1.82) is 0 Å². The molecular formula is C71H138O6. The summed E-state index contributed by atoms with van der Waals surface area (Å²) in [6.45, 7) is 13.9. The van der Waals surface area contributed by atoms with Crippen LogP contribution in [0.1, 0.15) is 401 Å². The Hall–Kier alpha value is -1.59. The summed E-state index contributed by atoms with van der Waals surface area (Å²) in [5.74, 6) is 1.73. The van der Waals surface area contributed by atoms with Gasteiger partial charge in [0.25, 0.3) is 0 Å². The summed E-state index contributed by atoms with van der Waals surface area (Å²) in [5.41, 5.74) is 0. The number of hydrogen-bond donors (Lipinski definition) is 0. The summed E-state index contributed by atoms with van der Waals surface area (Å²) in [6.07, 6.45) is 69.8. The Labute approximate surface area is 482 Å². The molecule has 0 amide bonds. The van der Waals surface area contributed by atoms with Gasteiger partial charge in [-0.15, -0.1) is 0 Å². The molecule has 0 bridgehead atoms. The highest BCUT2D eigenvalue weighted by Gasteiger charge is 2.20. The molecule has 0 aliphatic heterocycles. The van der Waals surface area contributed by atoms with Gasteiger partial charge in [-0.2, -0.15) is 0 Å². The highest BCUT2D eigenvalue weighted by atomic mass is 16.6. The summed E-state index contributed by atoms with van der Waals surface area (Å²) >= 11 is 0. The Morgan fingerprint density at radius 3 is 0.558 bits per heavy atom. The maximum atomic E-state index is 13.0. The Morgan fingerprint density at radius 2 is 0.377 bits per heavy atom. The Kier molecular flexibility index (Phi) is 60.7. The number of carbonyl (C=O) groups excluding carboxylic acids is 3. The Balaban J connectivity index is 4.27. The lowest BCUT2D eigenvalue weighted by atomic mass is 10.0. The third-order valence-electron chi connectivity index (χ3n) is 16.4. The summed E-state index contributed by atoms with van der Waals surface area (Å²) < 4.78 is 17.0. The van der Waals surface area contributed by atoms with Crippen LogP contribution in [0.2, 0.25) is 0 Å². The molecule has 0 aliphatic carbocycles. The molecule has 0 aliphatic rings. The summed E-state index contributed by atoms with van der Waals surface area (Å²) in [4.78, 5) is 38.5. The van der Waals surface area contributed by atoms with Crippen molar-refractivity contribution in [3.05, 3.63) is 0 Å². The van der Waals surface area contributed by atoms with Gasteiger partial charge < -0.3 is 14.2 Å². The van der Waals surface area contributed by atoms with E-state index in [0.29, 0.717) is 19.3 Å². The van der Waals surface area contributed by atoms with Gasteiger partial charge in [0.1, 0.15) is 13.2 Å². The van der Waals surface area contributed by atoms with Crippen molar-refractivity contribution in [3.63, 3.8) is 0 Å². The van der Waals surface area contributed by atoms with Gasteiger partial charge in [0.05, 0.1) is 0 Å². The fraction of sp³-hybridized carbons (Fsp3) is 0.958. The first-order valence-electron chi connectivity index (χ1n) is 35.1. The number of unbranched alkanes of at least 4 members (excludes halogenated alkanes) is 47. The van der Waals surface area contributed by atoms with E-state index in [-0.39, 0.29) is 31.1 Å². The minimum Gasteiger partial charge on any atom is -0.462 e. The molecule has 77 heavy (non-hydrogen) atoms. The van der Waals surface area contributed by atoms with Gasteiger partial charge in [0, 0.05) is 19.3 Å². The molecule has 0 saturated heterocycles. The second-order valence-corrected chi connectivity index (χ2v) is 26.0. The quantitative estimate of drug-likeness (QED) is 0.0343. The van der Waals surface area contributed by atoms with E-state index in [0.717, 1.165) is 75.5 Å². The van der Waals surface area contributed by atoms with Gasteiger partial charge in [0.2, 0.25) is 0 Å². The standard InChI is InChI=1S/C71H138O6/c1-65(2)57-51-45-39-33-27-21-15-11-7-9-13-17-24-30-36-42-48-54-60-69(72)75-63-68(64-76-70(73)61-55-49-43-37-31-25-20-19-23-29-35-41-47-53-59-67(5)6)77-71(74)62-56-50-44-38-32-26-18-14-10-8-12-16-22-28-34-40-46-52-58-66(3)4/h65-68H,7-64H2,1-6H3/t68-/m1/s1. The van der Waals surface area contributed by atoms with Gasteiger partial charge in [0.15, 0.2) is 6.10 Å². The van der Waals surface area contributed by atoms with E-state index in [9.17, 15) is 14.4 Å². The van der Waals surface area contributed by atoms with Crippen molar-refractivity contribution in [1.82, 2.24) is 0 Å². The Bertz CT molecular complexity index is 1200. The van der Waals surface area contributed by atoms with Crippen LogP contribution in [-0.4, -0.2) is 37.2 Å². The minimum absolute atomic E-state index is 0.0618. The van der Waals surface area contributed by atoms with Crippen molar-refractivity contribution < 1.29 is 28.6 Å². The maximum Gasteiger partial charge on any atom is 0.306 e.